The lowest BCUT2D eigenvalue weighted by molar-refractivity contribution is 0.125. The van der Waals surface area contributed by atoms with Crippen LogP contribution in [0.25, 0.3) is 0 Å². The third kappa shape index (κ3) is 5.36. The van der Waals surface area contributed by atoms with E-state index in [-0.39, 0.29) is 24.5 Å². The van der Waals surface area contributed by atoms with Crippen molar-refractivity contribution in [3.05, 3.63) is 35.9 Å². The normalized spacial score (nSPS) is 27.3. The molecule has 5 nitrogen and oxygen atoms in total. The summed E-state index contributed by atoms with van der Waals surface area (Å²) in [6.45, 7) is 2.48. The summed E-state index contributed by atoms with van der Waals surface area (Å²) in [5.74, 6) is 0. The van der Waals surface area contributed by atoms with Gasteiger partial charge in [0.25, 0.3) is 0 Å². The number of hydrogen-bond acceptors (Lipinski definition) is 4. The van der Waals surface area contributed by atoms with Crippen LogP contribution in [0.3, 0.4) is 0 Å². The second kappa shape index (κ2) is 9.25. The van der Waals surface area contributed by atoms with E-state index in [1.165, 1.54) is 0 Å². The van der Waals surface area contributed by atoms with Crippen LogP contribution in [0.15, 0.2) is 30.3 Å². The lowest BCUT2D eigenvalue weighted by atomic mass is 9.90. The zero-order valence-electron chi connectivity index (χ0n) is 14.0. The molecule has 1 saturated heterocycles. The third-order valence-corrected chi connectivity index (χ3v) is 5.00. The van der Waals surface area contributed by atoms with Crippen LogP contribution in [0.1, 0.15) is 37.7 Å². The van der Waals surface area contributed by atoms with E-state index in [0.29, 0.717) is 18.7 Å². The van der Waals surface area contributed by atoms with E-state index in [4.69, 9.17) is 10.5 Å². The number of nitrogens with two attached hydrogens (primary N) is 1. The van der Waals surface area contributed by atoms with Crippen molar-refractivity contribution in [1.29, 1.82) is 0 Å². The lowest BCUT2D eigenvalue weighted by Gasteiger charge is -2.34. The van der Waals surface area contributed by atoms with Crippen LogP contribution in [-0.2, 0) is 11.3 Å². The number of carbonyl (C=O) groups excluding carboxylic acids is 1. The number of amides is 1. The van der Waals surface area contributed by atoms with Gasteiger partial charge in [0, 0.05) is 31.2 Å². The zero-order chi connectivity index (χ0) is 16.1. The molecule has 1 aromatic carbocycles. The van der Waals surface area contributed by atoms with Crippen molar-refractivity contribution in [2.45, 2.75) is 56.8 Å². The summed E-state index contributed by atoms with van der Waals surface area (Å²) in [6, 6.07) is 11.0. The SMILES string of the molecule is Cl.NC1CCN(C2CCC(NC(=O)OCc3ccccc3)CC2)C1. The molecule has 2 fully saturated rings. The van der Waals surface area contributed by atoms with Gasteiger partial charge in [-0.3, -0.25) is 4.90 Å². The molecule has 0 bridgehead atoms. The molecule has 1 saturated carbocycles. The van der Waals surface area contributed by atoms with E-state index in [1.54, 1.807) is 0 Å². The Labute approximate surface area is 150 Å². The number of nitrogens with zero attached hydrogens (tertiary/aromatic N) is 1. The van der Waals surface area contributed by atoms with Gasteiger partial charge in [-0.1, -0.05) is 30.3 Å². The summed E-state index contributed by atoms with van der Waals surface area (Å²) in [4.78, 5) is 14.4. The van der Waals surface area contributed by atoms with Crippen LogP contribution in [0.2, 0.25) is 0 Å². The van der Waals surface area contributed by atoms with Crippen LogP contribution in [0.4, 0.5) is 4.79 Å². The number of rotatable bonds is 4. The van der Waals surface area contributed by atoms with Crippen molar-refractivity contribution in [2.75, 3.05) is 13.1 Å². The van der Waals surface area contributed by atoms with Crippen molar-refractivity contribution in [3.63, 3.8) is 0 Å². The van der Waals surface area contributed by atoms with Crippen LogP contribution in [0.5, 0.6) is 0 Å². The van der Waals surface area contributed by atoms with Crippen LogP contribution >= 0.6 is 12.4 Å². The molecule has 0 aromatic heterocycles. The Morgan fingerprint density at radius 2 is 1.88 bits per heavy atom. The highest BCUT2D eigenvalue weighted by atomic mass is 35.5. The minimum atomic E-state index is -0.305. The fraction of sp³-hybridized carbons (Fsp3) is 0.611. The van der Waals surface area contributed by atoms with Crippen molar-refractivity contribution in [2.24, 2.45) is 5.73 Å². The standard InChI is InChI=1S/C18H27N3O2.ClH/c19-15-10-11-21(12-15)17-8-6-16(7-9-17)20-18(22)23-13-14-4-2-1-3-5-14;/h1-5,15-17H,6-13,19H2,(H,20,22);1H. The molecule has 134 valence electrons. The van der Waals surface area contributed by atoms with Gasteiger partial charge in [-0.05, 0) is 37.7 Å². The molecule has 1 aliphatic carbocycles. The number of alkyl carbamates (subject to hydrolysis) is 1. The highest BCUT2D eigenvalue weighted by molar-refractivity contribution is 5.85. The summed E-state index contributed by atoms with van der Waals surface area (Å²) in [6.07, 6.45) is 5.13. The van der Waals surface area contributed by atoms with Crippen LogP contribution < -0.4 is 11.1 Å². The maximum Gasteiger partial charge on any atom is 0.407 e. The molecule has 0 radical (unpaired) electrons. The number of benzene rings is 1. The molecule has 1 aromatic rings. The second-order valence-corrected chi connectivity index (χ2v) is 6.76. The Balaban J connectivity index is 0.00000208. The predicted molar refractivity (Wildman–Crippen MR) is 97.2 cm³/mol. The Bertz CT molecular complexity index is 506. The molecular weight excluding hydrogens is 326 g/mol. The predicted octanol–water partition coefficient (Wildman–Crippen LogP) is 2.68. The van der Waals surface area contributed by atoms with Gasteiger partial charge in [0.2, 0.25) is 0 Å². The number of nitrogens with one attached hydrogen (secondary N) is 1. The number of carbonyl (C=O) groups is 1. The van der Waals surface area contributed by atoms with Crippen LogP contribution in [0, 0.1) is 0 Å². The fourth-order valence-corrected chi connectivity index (χ4v) is 3.66. The minimum Gasteiger partial charge on any atom is -0.445 e. The number of ether oxygens (including phenoxy) is 1. The first kappa shape index (κ1) is 19.0. The van der Waals surface area contributed by atoms with E-state index in [2.05, 4.69) is 10.2 Å². The average molecular weight is 354 g/mol. The number of likely N-dealkylation sites (tertiary alicyclic amines) is 1. The summed E-state index contributed by atoms with van der Waals surface area (Å²) < 4.78 is 5.29. The number of halogens is 1. The van der Waals surface area contributed by atoms with Gasteiger partial charge in [-0.25, -0.2) is 4.79 Å². The monoisotopic (exact) mass is 353 g/mol. The zero-order valence-corrected chi connectivity index (χ0v) is 14.8. The first-order valence-electron chi connectivity index (χ1n) is 8.67. The lowest BCUT2D eigenvalue weighted by Crippen LogP contribution is -2.44. The molecule has 0 spiro atoms. The van der Waals surface area contributed by atoms with Gasteiger partial charge >= 0.3 is 6.09 Å². The maximum absolute atomic E-state index is 11.9. The highest BCUT2D eigenvalue weighted by Crippen LogP contribution is 2.25. The van der Waals surface area contributed by atoms with Crippen molar-refractivity contribution in [3.8, 4) is 0 Å². The maximum atomic E-state index is 11.9. The topological polar surface area (TPSA) is 67.6 Å². The Morgan fingerprint density at radius 3 is 2.50 bits per heavy atom. The minimum absolute atomic E-state index is 0. The van der Waals surface area contributed by atoms with Gasteiger partial charge in [0.15, 0.2) is 0 Å². The third-order valence-electron chi connectivity index (χ3n) is 5.00. The molecule has 24 heavy (non-hydrogen) atoms. The highest BCUT2D eigenvalue weighted by Gasteiger charge is 2.30. The molecule has 6 heteroatoms. The summed E-state index contributed by atoms with van der Waals surface area (Å²) >= 11 is 0. The first-order valence-corrected chi connectivity index (χ1v) is 8.67. The molecule has 2 aliphatic rings. The van der Waals surface area contributed by atoms with E-state index >= 15 is 0 Å². The summed E-state index contributed by atoms with van der Waals surface area (Å²) in [7, 11) is 0. The Hall–Kier alpha value is -1.30. The molecule has 1 unspecified atom stereocenters. The average Bonchev–Trinajstić information content (AvgIpc) is 3.01. The van der Waals surface area contributed by atoms with Gasteiger partial charge in [0.1, 0.15) is 6.61 Å². The van der Waals surface area contributed by atoms with Crippen molar-refractivity contribution >= 4 is 18.5 Å². The first-order chi connectivity index (χ1) is 11.2. The molecular formula is C18H28ClN3O2. The molecule has 1 atom stereocenters. The van der Waals surface area contributed by atoms with Gasteiger partial charge in [-0.2, -0.15) is 0 Å². The molecule has 1 heterocycles. The van der Waals surface area contributed by atoms with Crippen molar-refractivity contribution in [1.82, 2.24) is 10.2 Å². The van der Waals surface area contributed by atoms with Gasteiger partial charge in [0.05, 0.1) is 0 Å². The molecule has 3 N–H and O–H groups in total. The van der Waals surface area contributed by atoms with E-state index in [0.717, 1.165) is 50.8 Å². The summed E-state index contributed by atoms with van der Waals surface area (Å²) in [5.41, 5.74) is 7.00. The van der Waals surface area contributed by atoms with Gasteiger partial charge < -0.3 is 15.8 Å². The van der Waals surface area contributed by atoms with Crippen LogP contribution in [-0.4, -0.2) is 42.2 Å². The van der Waals surface area contributed by atoms with E-state index < -0.39 is 0 Å². The smallest absolute Gasteiger partial charge is 0.407 e. The largest absolute Gasteiger partial charge is 0.445 e. The molecule has 1 amide bonds. The second-order valence-electron chi connectivity index (χ2n) is 6.76. The number of hydrogen-bond donors (Lipinski definition) is 2. The Morgan fingerprint density at radius 1 is 1.17 bits per heavy atom. The molecule has 1 aliphatic heterocycles. The van der Waals surface area contributed by atoms with Gasteiger partial charge in [-0.15, -0.1) is 12.4 Å². The van der Waals surface area contributed by atoms with E-state index in [9.17, 15) is 4.79 Å². The Kier molecular flexibility index (Phi) is 7.34. The molecule has 3 rings (SSSR count). The van der Waals surface area contributed by atoms with E-state index in [1.807, 2.05) is 30.3 Å². The summed E-state index contributed by atoms with van der Waals surface area (Å²) in [5, 5.41) is 3.00. The quantitative estimate of drug-likeness (QED) is 0.873. The van der Waals surface area contributed by atoms with Crippen molar-refractivity contribution < 1.29 is 9.53 Å². The fourth-order valence-electron chi connectivity index (χ4n) is 3.66.